The van der Waals surface area contributed by atoms with Gasteiger partial charge in [-0.25, -0.2) is 9.18 Å². The van der Waals surface area contributed by atoms with Gasteiger partial charge in [0.15, 0.2) is 5.82 Å². The molecule has 0 aliphatic rings. The Labute approximate surface area is 73.9 Å². The van der Waals surface area contributed by atoms with E-state index < -0.39 is 11.8 Å². The molecule has 0 unspecified atom stereocenters. The molecule has 1 rings (SSSR count). The van der Waals surface area contributed by atoms with E-state index in [2.05, 4.69) is 4.65 Å². The summed E-state index contributed by atoms with van der Waals surface area (Å²) < 4.78 is 17.1. The van der Waals surface area contributed by atoms with Gasteiger partial charge in [-0.05, 0) is 18.2 Å². The lowest BCUT2D eigenvalue weighted by atomic mass is 10.2. The summed E-state index contributed by atoms with van der Waals surface area (Å²) in [7, 11) is 0.282. The number of aromatic carboxylic acids is 1. The number of hydrogen-bond donors (Lipinski definition) is 2. The van der Waals surface area contributed by atoms with Gasteiger partial charge in [-0.3, -0.25) is 0 Å². The molecule has 0 aliphatic carbocycles. The normalized spacial score (nSPS) is 9.38. The minimum absolute atomic E-state index is 0.113. The summed E-state index contributed by atoms with van der Waals surface area (Å²) in [5, 5.41) is 16.7. The van der Waals surface area contributed by atoms with Gasteiger partial charge in [0, 0.05) is 0 Å². The highest BCUT2D eigenvalue weighted by atomic mass is 19.1. The molecule has 0 aromatic heterocycles. The fourth-order valence-corrected chi connectivity index (χ4v) is 0.783. The first kappa shape index (κ1) is 9.53. The van der Waals surface area contributed by atoms with Crippen molar-refractivity contribution in [2.24, 2.45) is 0 Å². The second kappa shape index (κ2) is 3.91. The smallest absolute Gasteiger partial charge is 0.535 e. The largest absolute Gasteiger partial charge is 0.569 e. The lowest BCUT2D eigenvalue weighted by Crippen LogP contribution is -2.04. The molecule has 6 heteroatoms. The Kier molecular flexibility index (Phi) is 2.86. The van der Waals surface area contributed by atoms with Crippen LogP contribution in [0.3, 0.4) is 0 Å². The second-order valence-electron chi connectivity index (χ2n) is 2.17. The Hall–Kier alpha value is -1.56. The third-order valence-corrected chi connectivity index (χ3v) is 1.36. The minimum Gasteiger partial charge on any atom is -0.535 e. The standard InChI is InChI=1S/C7H5BFO4/c9-5-2-1-4(7(10)11)3-6(5)13-8-12/h1-3,12H,(H,10,11). The maximum atomic E-state index is 12.8. The van der Waals surface area contributed by atoms with E-state index in [9.17, 15) is 9.18 Å². The average molecular weight is 183 g/mol. The lowest BCUT2D eigenvalue weighted by Gasteiger charge is -2.03. The number of carbonyl (C=O) groups is 1. The molecule has 0 atom stereocenters. The Balaban J connectivity index is 3.03. The van der Waals surface area contributed by atoms with Gasteiger partial charge in [-0.15, -0.1) is 0 Å². The highest BCUT2D eigenvalue weighted by Crippen LogP contribution is 2.18. The number of carboxylic acids is 1. The Bertz CT molecular complexity index is 328. The summed E-state index contributed by atoms with van der Waals surface area (Å²) in [6, 6.07) is 3.02. The van der Waals surface area contributed by atoms with Crippen molar-refractivity contribution in [1.82, 2.24) is 0 Å². The van der Waals surface area contributed by atoms with Gasteiger partial charge in [0.05, 0.1) is 5.56 Å². The van der Waals surface area contributed by atoms with E-state index in [-0.39, 0.29) is 19.0 Å². The number of halogens is 1. The zero-order valence-electron chi connectivity index (χ0n) is 6.40. The van der Waals surface area contributed by atoms with E-state index in [0.29, 0.717) is 0 Å². The van der Waals surface area contributed by atoms with Crippen molar-refractivity contribution in [2.75, 3.05) is 0 Å². The van der Waals surface area contributed by atoms with Crippen LogP contribution in [0.1, 0.15) is 10.4 Å². The molecule has 0 bridgehead atoms. The summed E-state index contributed by atoms with van der Waals surface area (Å²) in [5.41, 5.74) is -0.113. The number of benzene rings is 1. The highest BCUT2D eigenvalue weighted by Gasteiger charge is 2.08. The van der Waals surface area contributed by atoms with E-state index in [0.717, 1.165) is 18.2 Å². The van der Waals surface area contributed by atoms with Gasteiger partial charge >= 0.3 is 13.7 Å². The summed E-state index contributed by atoms with van der Waals surface area (Å²) in [6.07, 6.45) is 0. The number of carboxylic acid groups (broad SMARTS) is 1. The van der Waals surface area contributed by atoms with E-state index in [1.54, 1.807) is 0 Å². The van der Waals surface area contributed by atoms with Crippen LogP contribution in [0.4, 0.5) is 4.39 Å². The Morgan fingerprint density at radius 3 is 2.77 bits per heavy atom. The van der Waals surface area contributed by atoms with Crippen LogP contribution in [0.2, 0.25) is 0 Å². The first-order valence-electron chi connectivity index (χ1n) is 3.30. The van der Waals surface area contributed by atoms with E-state index in [4.69, 9.17) is 10.1 Å². The van der Waals surface area contributed by atoms with Gasteiger partial charge in [0.1, 0.15) is 5.75 Å². The van der Waals surface area contributed by atoms with Crippen molar-refractivity contribution in [3.63, 3.8) is 0 Å². The van der Waals surface area contributed by atoms with E-state index in [1.165, 1.54) is 0 Å². The summed E-state index contributed by atoms with van der Waals surface area (Å²) >= 11 is 0. The van der Waals surface area contributed by atoms with Crippen molar-refractivity contribution >= 4 is 13.7 Å². The van der Waals surface area contributed by atoms with Crippen LogP contribution in [0, 0.1) is 5.82 Å². The molecular formula is C7H5BFO4. The van der Waals surface area contributed by atoms with Gasteiger partial charge < -0.3 is 14.8 Å². The fraction of sp³-hybridized carbons (Fsp3) is 0. The van der Waals surface area contributed by atoms with Gasteiger partial charge in [-0.1, -0.05) is 0 Å². The molecule has 4 nitrogen and oxygen atoms in total. The molecule has 1 aromatic rings. The summed E-state index contributed by atoms with van der Waals surface area (Å²) in [5.74, 6) is -2.26. The fourth-order valence-electron chi connectivity index (χ4n) is 0.783. The van der Waals surface area contributed by atoms with Crippen LogP contribution >= 0.6 is 0 Å². The highest BCUT2D eigenvalue weighted by molar-refractivity contribution is 6.17. The third-order valence-electron chi connectivity index (χ3n) is 1.36. The maximum Gasteiger partial charge on any atom is 0.569 e. The first-order valence-corrected chi connectivity index (χ1v) is 3.30. The number of rotatable bonds is 3. The predicted molar refractivity (Wildman–Crippen MR) is 42.0 cm³/mol. The molecule has 0 aliphatic heterocycles. The molecule has 1 aromatic carbocycles. The molecule has 0 spiro atoms. The molecule has 0 saturated carbocycles. The van der Waals surface area contributed by atoms with E-state index in [1.807, 2.05) is 0 Å². The van der Waals surface area contributed by atoms with Gasteiger partial charge in [0.25, 0.3) is 0 Å². The second-order valence-corrected chi connectivity index (χ2v) is 2.17. The Morgan fingerprint density at radius 1 is 1.54 bits per heavy atom. The zero-order chi connectivity index (χ0) is 9.84. The van der Waals surface area contributed by atoms with E-state index >= 15 is 0 Å². The summed E-state index contributed by atoms with van der Waals surface area (Å²) in [4.78, 5) is 10.4. The zero-order valence-corrected chi connectivity index (χ0v) is 6.40. The van der Waals surface area contributed by atoms with Gasteiger partial charge in [0.2, 0.25) is 0 Å². The van der Waals surface area contributed by atoms with Crippen LogP contribution in [0.25, 0.3) is 0 Å². The number of hydrogen-bond acceptors (Lipinski definition) is 3. The quantitative estimate of drug-likeness (QED) is 0.666. The van der Waals surface area contributed by atoms with Crippen LogP contribution < -0.4 is 4.65 Å². The maximum absolute atomic E-state index is 12.8. The molecule has 0 saturated heterocycles. The van der Waals surface area contributed by atoms with Crippen LogP contribution in [-0.2, 0) is 0 Å². The van der Waals surface area contributed by atoms with Crippen LogP contribution in [-0.4, -0.2) is 23.8 Å². The van der Waals surface area contributed by atoms with Crippen molar-refractivity contribution in [1.29, 1.82) is 0 Å². The van der Waals surface area contributed by atoms with Crippen molar-refractivity contribution < 1.29 is 24.0 Å². The molecule has 67 valence electrons. The lowest BCUT2D eigenvalue weighted by molar-refractivity contribution is 0.0696. The van der Waals surface area contributed by atoms with Crippen molar-refractivity contribution in [2.45, 2.75) is 0 Å². The minimum atomic E-state index is -1.19. The van der Waals surface area contributed by atoms with Crippen LogP contribution in [0.15, 0.2) is 18.2 Å². The topological polar surface area (TPSA) is 66.8 Å². The molecule has 0 heterocycles. The monoisotopic (exact) mass is 183 g/mol. The molecule has 13 heavy (non-hydrogen) atoms. The van der Waals surface area contributed by atoms with Gasteiger partial charge in [-0.2, -0.15) is 0 Å². The molecule has 2 N–H and O–H groups in total. The molecule has 0 amide bonds. The van der Waals surface area contributed by atoms with Crippen molar-refractivity contribution in [3.05, 3.63) is 29.6 Å². The first-order chi connectivity index (χ1) is 6.15. The molecule has 0 fully saturated rings. The van der Waals surface area contributed by atoms with Crippen LogP contribution in [0.5, 0.6) is 5.75 Å². The predicted octanol–water partition coefficient (Wildman–Crippen LogP) is 0.429. The molecule has 1 radical (unpaired) electrons. The Morgan fingerprint density at radius 2 is 2.23 bits per heavy atom. The van der Waals surface area contributed by atoms with Crippen molar-refractivity contribution in [3.8, 4) is 5.75 Å². The average Bonchev–Trinajstić information content (AvgIpc) is 2.08. The SMILES string of the molecule is O=C(O)c1ccc(F)c(O[B]O)c1. The summed E-state index contributed by atoms with van der Waals surface area (Å²) in [6.45, 7) is 0. The molecular weight excluding hydrogens is 178 g/mol. The third kappa shape index (κ3) is 2.19.